The van der Waals surface area contributed by atoms with E-state index in [0.29, 0.717) is 12.1 Å². The van der Waals surface area contributed by atoms with Crippen LogP contribution in [0, 0.1) is 0 Å². The highest BCUT2D eigenvalue weighted by atomic mass is 32.2. The van der Waals surface area contributed by atoms with Gasteiger partial charge in [-0.3, -0.25) is 4.31 Å². The summed E-state index contributed by atoms with van der Waals surface area (Å²) in [5.41, 5.74) is 2.40. The van der Waals surface area contributed by atoms with Crippen molar-refractivity contribution in [1.82, 2.24) is 0 Å². The number of hydrogen-bond donors (Lipinski definition) is 1. The lowest BCUT2D eigenvalue weighted by Gasteiger charge is -2.19. The number of nitrogens with zero attached hydrogens (tertiary/aromatic N) is 1. The van der Waals surface area contributed by atoms with Gasteiger partial charge < -0.3 is 5.11 Å². The standard InChI is InChI=1S/C15H15NO3S/c17-11-12-4-3-6-14(10-12)20(18,19)16-9-8-13-5-1-2-7-15(13)16/h1-7,10,17H,8-9,11H2. The summed E-state index contributed by atoms with van der Waals surface area (Å²) in [5, 5.41) is 9.14. The highest BCUT2D eigenvalue weighted by molar-refractivity contribution is 7.92. The third-order valence-corrected chi connectivity index (χ3v) is 5.32. The normalized spacial score (nSPS) is 14.3. The molecule has 104 valence electrons. The van der Waals surface area contributed by atoms with Crippen molar-refractivity contribution < 1.29 is 13.5 Å². The van der Waals surface area contributed by atoms with Crippen LogP contribution in [0.1, 0.15) is 11.1 Å². The number of rotatable bonds is 3. The molecule has 20 heavy (non-hydrogen) atoms. The van der Waals surface area contributed by atoms with Crippen molar-refractivity contribution >= 4 is 15.7 Å². The monoisotopic (exact) mass is 289 g/mol. The van der Waals surface area contributed by atoms with Crippen molar-refractivity contribution in [2.75, 3.05) is 10.8 Å². The van der Waals surface area contributed by atoms with Crippen molar-refractivity contribution in [2.45, 2.75) is 17.9 Å². The van der Waals surface area contributed by atoms with Crippen LogP contribution in [0.5, 0.6) is 0 Å². The summed E-state index contributed by atoms with van der Waals surface area (Å²) in [6, 6.07) is 14.0. The van der Waals surface area contributed by atoms with Gasteiger partial charge in [0.2, 0.25) is 0 Å². The van der Waals surface area contributed by atoms with Gasteiger partial charge in [0.05, 0.1) is 17.2 Å². The Bertz CT molecular complexity index is 740. The Morgan fingerprint density at radius 3 is 2.70 bits per heavy atom. The minimum atomic E-state index is -3.56. The fraction of sp³-hybridized carbons (Fsp3) is 0.200. The number of anilines is 1. The smallest absolute Gasteiger partial charge is 0.264 e. The second kappa shape index (κ2) is 4.92. The summed E-state index contributed by atoms with van der Waals surface area (Å²) in [6.07, 6.45) is 0.731. The fourth-order valence-electron chi connectivity index (χ4n) is 2.49. The molecule has 2 aromatic carbocycles. The van der Waals surface area contributed by atoms with E-state index in [2.05, 4.69) is 0 Å². The van der Waals surface area contributed by atoms with Crippen LogP contribution in [0.15, 0.2) is 53.4 Å². The van der Waals surface area contributed by atoms with Gasteiger partial charge in [-0.25, -0.2) is 8.42 Å². The van der Waals surface area contributed by atoms with E-state index in [0.717, 1.165) is 17.7 Å². The third-order valence-electron chi connectivity index (χ3n) is 3.51. The van der Waals surface area contributed by atoms with E-state index in [1.165, 1.54) is 10.4 Å². The molecule has 1 heterocycles. The molecule has 4 nitrogen and oxygen atoms in total. The zero-order chi connectivity index (χ0) is 14.2. The molecule has 1 aliphatic rings. The molecule has 3 rings (SSSR count). The van der Waals surface area contributed by atoms with Crippen LogP contribution in [-0.4, -0.2) is 20.1 Å². The Morgan fingerprint density at radius 1 is 1.10 bits per heavy atom. The predicted molar refractivity (Wildman–Crippen MR) is 77.0 cm³/mol. The highest BCUT2D eigenvalue weighted by Gasteiger charge is 2.30. The van der Waals surface area contributed by atoms with E-state index in [-0.39, 0.29) is 11.5 Å². The average Bonchev–Trinajstić information content (AvgIpc) is 2.92. The molecule has 0 fully saturated rings. The van der Waals surface area contributed by atoms with E-state index in [4.69, 9.17) is 5.11 Å². The topological polar surface area (TPSA) is 57.6 Å². The molecule has 5 heteroatoms. The van der Waals surface area contributed by atoms with E-state index in [1.807, 2.05) is 24.3 Å². The van der Waals surface area contributed by atoms with Gasteiger partial charge in [0, 0.05) is 6.54 Å². The SMILES string of the molecule is O=S(=O)(c1cccc(CO)c1)N1CCc2ccccc21. The summed E-state index contributed by atoms with van der Waals surface area (Å²) in [4.78, 5) is 0.223. The maximum absolute atomic E-state index is 12.7. The second-order valence-electron chi connectivity index (χ2n) is 4.76. The molecule has 0 aromatic heterocycles. The molecule has 0 amide bonds. The Balaban J connectivity index is 2.05. The van der Waals surface area contributed by atoms with Crippen LogP contribution >= 0.6 is 0 Å². The number of benzene rings is 2. The summed E-state index contributed by atoms with van der Waals surface area (Å²) in [6.45, 7) is 0.297. The van der Waals surface area contributed by atoms with Gasteiger partial charge in [-0.2, -0.15) is 0 Å². The lowest BCUT2D eigenvalue weighted by molar-refractivity contribution is 0.281. The summed E-state index contributed by atoms with van der Waals surface area (Å²) < 4.78 is 26.9. The number of sulfonamides is 1. The molecule has 0 bridgehead atoms. The van der Waals surface area contributed by atoms with Gasteiger partial charge >= 0.3 is 0 Å². The Kier molecular flexibility index (Phi) is 3.23. The first-order valence-electron chi connectivity index (χ1n) is 6.43. The van der Waals surface area contributed by atoms with Crippen molar-refractivity contribution in [2.24, 2.45) is 0 Å². The Hall–Kier alpha value is -1.85. The number of aliphatic hydroxyl groups is 1. The second-order valence-corrected chi connectivity index (χ2v) is 6.62. The molecule has 0 unspecified atom stereocenters. The maximum atomic E-state index is 12.7. The van der Waals surface area contributed by atoms with Crippen LogP contribution in [0.3, 0.4) is 0 Å². The summed E-state index contributed by atoms with van der Waals surface area (Å²) in [5.74, 6) is 0. The minimum Gasteiger partial charge on any atom is -0.392 e. The first kappa shape index (κ1) is 13.1. The average molecular weight is 289 g/mol. The van der Waals surface area contributed by atoms with Crippen molar-refractivity contribution in [3.63, 3.8) is 0 Å². The van der Waals surface area contributed by atoms with Crippen molar-refractivity contribution in [3.05, 3.63) is 59.7 Å². The van der Waals surface area contributed by atoms with Crippen LogP contribution in [0.4, 0.5) is 5.69 Å². The van der Waals surface area contributed by atoms with Crippen LogP contribution in [0.2, 0.25) is 0 Å². The van der Waals surface area contributed by atoms with Gasteiger partial charge in [-0.05, 0) is 35.7 Å². The van der Waals surface area contributed by atoms with Crippen molar-refractivity contribution in [3.8, 4) is 0 Å². The Morgan fingerprint density at radius 2 is 1.90 bits per heavy atom. The number of para-hydroxylation sites is 1. The van der Waals surface area contributed by atoms with Gasteiger partial charge in [0.25, 0.3) is 10.0 Å². The van der Waals surface area contributed by atoms with E-state index in [1.54, 1.807) is 18.2 Å². The molecule has 1 aliphatic heterocycles. The zero-order valence-corrected chi connectivity index (χ0v) is 11.7. The molecular weight excluding hydrogens is 274 g/mol. The molecule has 2 aromatic rings. The summed E-state index contributed by atoms with van der Waals surface area (Å²) in [7, 11) is -3.56. The van der Waals surface area contributed by atoms with Gasteiger partial charge in [0.1, 0.15) is 0 Å². The van der Waals surface area contributed by atoms with Crippen LogP contribution in [0.25, 0.3) is 0 Å². The van der Waals surface area contributed by atoms with Gasteiger partial charge in [0.15, 0.2) is 0 Å². The Labute approximate surface area is 118 Å². The van der Waals surface area contributed by atoms with E-state index >= 15 is 0 Å². The molecule has 1 N–H and O–H groups in total. The first-order chi connectivity index (χ1) is 9.63. The quantitative estimate of drug-likeness (QED) is 0.939. The molecule has 0 atom stereocenters. The van der Waals surface area contributed by atoms with Crippen LogP contribution in [-0.2, 0) is 23.1 Å². The number of hydrogen-bond acceptors (Lipinski definition) is 3. The molecular formula is C15H15NO3S. The largest absolute Gasteiger partial charge is 0.392 e. The zero-order valence-electron chi connectivity index (χ0n) is 10.9. The molecule has 0 saturated carbocycles. The van der Waals surface area contributed by atoms with Crippen molar-refractivity contribution in [1.29, 1.82) is 0 Å². The number of aliphatic hydroxyl groups excluding tert-OH is 1. The summed E-state index contributed by atoms with van der Waals surface area (Å²) >= 11 is 0. The molecule has 0 radical (unpaired) electrons. The highest BCUT2D eigenvalue weighted by Crippen LogP contribution is 2.32. The van der Waals surface area contributed by atoms with E-state index in [9.17, 15) is 8.42 Å². The third kappa shape index (κ3) is 2.09. The molecule has 0 saturated heterocycles. The lowest BCUT2D eigenvalue weighted by atomic mass is 10.2. The number of fused-ring (bicyclic) bond motifs is 1. The predicted octanol–water partition coefficient (Wildman–Crippen LogP) is 1.93. The minimum absolute atomic E-state index is 0.167. The van der Waals surface area contributed by atoms with E-state index < -0.39 is 10.0 Å². The van der Waals surface area contributed by atoms with Crippen LogP contribution < -0.4 is 4.31 Å². The molecule has 0 spiro atoms. The lowest BCUT2D eigenvalue weighted by Crippen LogP contribution is -2.29. The van der Waals surface area contributed by atoms with Gasteiger partial charge in [-0.1, -0.05) is 30.3 Å². The fourth-order valence-corrected chi connectivity index (χ4v) is 4.06. The first-order valence-corrected chi connectivity index (χ1v) is 7.87. The maximum Gasteiger partial charge on any atom is 0.264 e. The molecule has 0 aliphatic carbocycles. The van der Waals surface area contributed by atoms with Gasteiger partial charge in [-0.15, -0.1) is 0 Å².